The molecule has 12 rings (SSSR count). The van der Waals surface area contributed by atoms with Crippen LogP contribution in [0.15, 0.2) is 129 Å². The Labute approximate surface area is 593 Å². The number of hydrogen-bond donors (Lipinski definition) is 4. The first-order chi connectivity index (χ1) is 43.5. The minimum absolute atomic E-state index is 0. The number of pyridine rings is 3. The van der Waals surface area contributed by atoms with E-state index >= 15 is 0 Å². The van der Waals surface area contributed by atoms with Crippen molar-refractivity contribution in [2.24, 2.45) is 26.9 Å². The molecule has 92 heavy (non-hydrogen) atoms. The van der Waals surface area contributed by atoms with Crippen LogP contribution in [0, 0.1) is 0 Å². The van der Waals surface area contributed by atoms with Crippen LogP contribution in [0.3, 0.4) is 0 Å². The molecule has 23 nitrogen and oxygen atoms in total. The third-order valence-corrected chi connectivity index (χ3v) is 17.1. The molecule has 0 spiro atoms. The molecule has 0 atom stereocenters. The average molecular weight is 1360 g/mol. The summed E-state index contributed by atoms with van der Waals surface area (Å²) in [5.41, 5.74) is 10.8. The number of fused-ring (bicyclic) bond motifs is 3. The van der Waals surface area contributed by atoms with Crippen molar-refractivity contribution in [3.05, 3.63) is 156 Å². The molecule has 6 N–H and O–H groups in total. The number of aromatic nitrogens is 9. The number of amides is 2. The molecule has 2 amide bonds. The topological polar surface area (TPSA) is 295 Å². The van der Waals surface area contributed by atoms with Crippen LogP contribution in [0.2, 0.25) is 15.1 Å². The van der Waals surface area contributed by atoms with Crippen LogP contribution in [-0.4, -0.2) is 148 Å². The summed E-state index contributed by atoms with van der Waals surface area (Å²) in [6, 6.07) is 28.1. The SMILES string of the molecule is CCOC(=O)N1CCC(N)CC1.CCOC(=O)N1CCC(Nc2ncc3cc(-c4ccccc4Cl)c(=O)n(C)c3n2)CC1.CSc1ncc2cc(-c3ccccc3Cl)c(=O)n(C)c2n1.Cn1c(=O)c(-c2ccccc2Cl)cc2cnc(NC3CCNCC3)nc21.[K+].[OH-]. The van der Waals surface area contributed by atoms with Crippen molar-refractivity contribution < 1.29 is 75.9 Å². The summed E-state index contributed by atoms with van der Waals surface area (Å²) in [6.45, 7) is 9.12. The third-order valence-electron chi connectivity index (χ3n) is 15.6. The molecule has 0 saturated carbocycles. The number of anilines is 2. The van der Waals surface area contributed by atoms with Gasteiger partial charge in [0, 0.05) is 149 Å². The molecule has 3 fully saturated rings. The van der Waals surface area contributed by atoms with Gasteiger partial charge in [-0.15, -0.1) is 0 Å². The first-order valence-electron chi connectivity index (χ1n) is 29.7. The Morgan fingerprint density at radius 1 is 0.554 bits per heavy atom. The summed E-state index contributed by atoms with van der Waals surface area (Å²) < 4.78 is 14.5. The number of rotatable bonds is 10. The van der Waals surface area contributed by atoms with Crippen molar-refractivity contribution in [2.45, 2.75) is 75.7 Å². The summed E-state index contributed by atoms with van der Waals surface area (Å²) in [6.07, 6.45) is 12.0. The zero-order chi connectivity index (χ0) is 64.0. The summed E-state index contributed by atoms with van der Waals surface area (Å²) in [4.78, 5) is 91.5. The standard InChI is InChI=1S/C22H24ClN5O3.C19H20ClN5O.C15H12ClN3OS.C8H16N2O2.K.H2O/c1-3-31-22(30)28-10-8-15(9-11-28)25-21-24-13-14-12-17(16-6-4-5-7-18(16)23)20(29)27(2)19(14)26-21;1-25-17-12(10-15(18(25)26)14-4-2-3-5-16(14)20)11-22-19(24-17)23-13-6-8-21-9-7-13;1-19-13-9(8-17-15(18-13)21-2)7-11(14(19)20)10-5-3-4-6-12(10)16;1-2-12-8(11)10-5-3-7(9)4-6-10;;/h4-7,12-13,15H,3,8-11H2,1-2H3,(H,24,25,26);2-5,10-11,13,21H,6-9H2,1H3,(H,22,23,24);3-8H,1-2H3;7H,2-6,9H2,1H3;;1H2/q;;;;+1;/p-1. The van der Waals surface area contributed by atoms with E-state index in [1.54, 1.807) is 91.4 Å². The number of ether oxygens (including phenoxy) is 2. The fraction of sp³-hybridized carbons (Fsp3) is 0.359. The predicted octanol–water partition coefficient (Wildman–Crippen LogP) is 7.26. The van der Waals surface area contributed by atoms with E-state index in [9.17, 15) is 24.0 Å². The number of nitrogens with zero attached hydrogens (tertiary/aromatic N) is 11. The number of thioether (sulfide) groups is 1. The fourth-order valence-electron chi connectivity index (χ4n) is 10.6. The second-order valence-electron chi connectivity index (χ2n) is 21.6. The molecule has 0 radical (unpaired) electrons. The van der Waals surface area contributed by atoms with Crippen molar-refractivity contribution in [3.8, 4) is 33.4 Å². The normalized spacial score (nSPS) is 14.3. The minimum atomic E-state index is -0.271. The summed E-state index contributed by atoms with van der Waals surface area (Å²) in [7, 11) is 5.13. The molecule has 3 aromatic carbocycles. The number of piperidine rings is 3. The summed E-state index contributed by atoms with van der Waals surface area (Å²) in [5, 5.41) is 14.7. The molecule has 3 aliphatic heterocycles. The number of nitrogens with two attached hydrogens (primary N) is 1. The Balaban J connectivity index is 0.000000180. The van der Waals surface area contributed by atoms with Gasteiger partial charge in [0.2, 0.25) is 11.9 Å². The van der Waals surface area contributed by atoms with Crippen LogP contribution < -0.4 is 89.7 Å². The van der Waals surface area contributed by atoms with Gasteiger partial charge in [0.25, 0.3) is 16.7 Å². The summed E-state index contributed by atoms with van der Waals surface area (Å²) >= 11 is 20.2. The smallest absolute Gasteiger partial charge is 0.870 e. The van der Waals surface area contributed by atoms with Crippen LogP contribution in [0.4, 0.5) is 21.5 Å². The first-order valence-corrected chi connectivity index (χ1v) is 32.0. The molecular formula is C64H73Cl3KN15O8S. The number of halogens is 3. The van der Waals surface area contributed by atoms with Gasteiger partial charge in [-0.3, -0.25) is 28.1 Å². The second-order valence-corrected chi connectivity index (χ2v) is 23.6. The number of carbonyl (C=O) groups excluding carboxylic acids is 2. The van der Waals surface area contributed by atoms with Gasteiger partial charge in [0.15, 0.2) is 5.16 Å². The molecule has 9 aromatic rings. The number of likely N-dealkylation sites (tertiary alicyclic amines) is 2. The molecule has 0 unspecified atom stereocenters. The maximum Gasteiger partial charge on any atom is 1.00 e. The van der Waals surface area contributed by atoms with Crippen molar-refractivity contribution in [1.82, 2.24) is 58.7 Å². The van der Waals surface area contributed by atoms with Crippen LogP contribution in [-0.2, 0) is 30.6 Å². The maximum atomic E-state index is 13.0. The van der Waals surface area contributed by atoms with E-state index in [-0.39, 0.29) is 97.8 Å². The van der Waals surface area contributed by atoms with E-state index in [1.165, 1.54) is 20.9 Å². The van der Waals surface area contributed by atoms with Gasteiger partial charge in [0.05, 0.1) is 13.2 Å². The second kappa shape index (κ2) is 34.5. The van der Waals surface area contributed by atoms with E-state index < -0.39 is 0 Å². The van der Waals surface area contributed by atoms with Gasteiger partial charge in [-0.05, 0) is 108 Å². The van der Waals surface area contributed by atoms with Crippen LogP contribution >= 0.6 is 46.6 Å². The molecule has 480 valence electrons. The maximum absolute atomic E-state index is 13.0. The number of carbonyl (C=O) groups is 2. The van der Waals surface area contributed by atoms with Crippen LogP contribution in [0.5, 0.6) is 0 Å². The summed E-state index contributed by atoms with van der Waals surface area (Å²) in [5.74, 6) is 1.02. The van der Waals surface area contributed by atoms with E-state index in [2.05, 4.69) is 45.9 Å². The van der Waals surface area contributed by atoms with Gasteiger partial charge in [0.1, 0.15) is 16.9 Å². The van der Waals surface area contributed by atoms with Crippen molar-refractivity contribution in [3.63, 3.8) is 0 Å². The van der Waals surface area contributed by atoms with Gasteiger partial charge < -0.3 is 46.4 Å². The van der Waals surface area contributed by atoms with Crippen molar-refractivity contribution in [2.75, 3.05) is 69.4 Å². The van der Waals surface area contributed by atoms with Crippen molar-refractivity contribution >= 4 is 104 Å². The van der Waals surface area contributed by atoms with E-state index in [1.807, 2.05) is 73.8 Å². The molecule has 3 saturated heterocycles. The first kappa shape index (κ1) is 72.8. The number of aryl methyl sites for hydroxylation is 3. The number of nitrogens with one attached hydrogen (secondary N) is 3. The fourth-order valence-corrected chi connectivity index (χ4v) is 11.7. The van der Waals surface area contributed by atoms with Gasteiger partial charge in [-0.25, -0.2) is 29.5 Å². The monoisotopic (exact) mass is 1360 g/mol. The Morgan fingerprint density at radius 3 is 1.27 bits per heavy atom. The van der Waals surface area contributed by atoms with Crippen LogP contribution in [0.25, 0.3) is 66.5 Å². The Bertz CT molecular complexity index is 4220. The Morgan fingerprint density at radius 2 is 0.902 bits per heavy atom. The minimum Gasteiger partial charge on any atom is -0.870 e. The van der Waals surface area contributed by atoms with Gasteiger partial charge in [-0.1, -0.05) is 101 Å². The number of benzene rings is 3. The Hall–Kier alpha value is -6.59. The molecular weight excluding hydrogens is 1280 g/mol. The van der Waals surface area contributed by atoms with E-state index in [4.69, 9.17) is 50.0 Å². The Kier molecular flexibility index (Phi) is 27.3. The number of hydrogen-bond acceptors (Lipinski definition) is 19. The zero-order valence-electron chi connectivity index (χ0n) is 52.4. The molecule has 0 bridgehead atoms. The van der Waals surface area contributed by atoms with Gasteiger partial charge in [-0.2, -0.15) is 9.97 Å². The van der Waals surface area contributed by atoms with Crippen LogP contribution in [0.1, 0.15) is 52.4 Å². The van der Waals surface area contributed by atoms with E-state index in [0.717, 1.165) is 86.4 Å². The van der Waals surface area contributed by atoms with E-state index in [0.29, 0.717) is 109 Å². The molecule has 6 aromatic heterocycles. The predicted molar refractivity (Wildman–Crippen MR) is 360 cm³/mol. The average Bonchev–Trinajstić information content (AvgIpc) is 0.797. The molecule has 28 heteroatoms. The molecule has 3 aliphatic rings. The van der Waals surface area contributed by atoms with Crippen molar-refractivity contribution in [1.29, 1.82) is 0 Å². The molecule has 0 aliphatic carbocycles. The largest absolute Gasteiger partial charge is 1.00 e. The molecule has 9 heterocycles. The quantitative estimate of drug-likeness (QED) is 0.0595. The zero-order valence-corrected chi connectivity index (χ0v) is 58.6. The third kappa shape index (κ3) is 18.0. The van der Waals surface area contributed by atoms with Gasteiger partial charge >= 0.3 is 63.6 Å².